The number of aryl methyl sites for hydroxylation is 1. The second-order valence-electron chi connectivity index (χ2n) is 5.13. The third-order valence-corrected chi connectivity index (χ3v) is 2.99. The Hall–Kier alpha value is -1.35. The van der Waals surface area contributed by atoms with Crippen LogP contribution in [0.5, 0.6) is 0 Å². The predicted molar refractivity (Wildman–Crippen MR) is 70.6 cm³/mol. The van der Waals surface area contributed by atoms with Crippen molar-refractivity contribution in [2.24, 2.45) is 11.7 Å². The molecular weight excluding hydrogens is 212 g/mol. The van der Waals surface area contributed by atoms with E-state index in [9.17, 15) is 4.79 Å². The lowest BCUT2D eigenvalue weighted by molar-refractivity contribution is -0.124. The van der Waals surface area contributed by atoms with E-state index < -0.39 is 5.54 Å². The zero-order valence-corrected chi connectivity index (χ0v) is 11.1. The van der Waals surface area contributed by atoms with E-state index in [1.165, 1.54) is 5.56 Å². The molecule has 0 saturated heterocycles. The summed E-state index contributed by atoms with van der Waals surface area (Å²) in [6.45, 7) is 8.82. The van der Waals surface area contributed by atoms with Crippen LogP contribution in [0.25, 0.3) is 0 Å². The van der Waals surface area contributed by atoms with Crippen molar-refractivity contribution in [3.8, 4) is 0 Å². The molecule has 0 aromatic heterocycles. The Kier molecular flexibility index (Phi) is 4.29. The van der Waals surface area contributed by atoms with Gasteiger partial charge in [0.1, 0.15) is 5.54 Å². The molecule has 0 spiro atoms. The minimum atomic E-state index is -0.794. The Morgan fingerprint density at radius 2 is 1.88 bits per heavy atom. The van der Waals surface area contributed by atoms with E-state index in [1.807, 2.05) is 38.1 Å². The van der Waals surface area contributed by atoms with E-state index in [0.717, 1.165) is 12.1 Å². The molecule has 0 saturated carbocycles. The summed E-state index contributed by atoms with van der Waals surface area (Å²) in [5.41, 5.74) is 6.82. The van der Waals surface area contributed by atoms with Crippen molar-refractivity contribution in [1.82, 2.24) is 5.32 Å². The van der Waals surface area contributed by atoms with E-state index in [1.54, 1.807) is 0 Å². The van der Waals surface area contributed by atoms with Gasteiger partial charge in [-0.25, -0.2) is 0 Å². The Bertz CT molecular complexity index is 384. The van der Waals surface area contributed by atoms with E-state index in [4.69, 9.17) is 5.73 Å². The van der Waals surface area contributed by atoms with Crippen LogP contribution in [0, 0.1) is 12.8 Å². The highest BCUT2D eigenvalue weighted by Crippen LogP contribution is 2.21. The van der Waals surface area contributed by atoms with Gasteiger partial charge in [0.2, 0.25) is 5.91 Å². The fourth-order valence-corrected chi connectivity index (χ4v) is 1.63. The molecule has 0 heterocycles. The molecule has 1 aromatic rings. The number of benzene rings is 1. The average molecular weight is 234 g/mol. The van der Waals surface area contributed by atoms with Crippen LogP contribution < -0.4 is 11.1 Å². The van der Waals surface area contributed by atoms with Crippen LogP contribution in [0.1, 0.15) is 31.9 Å². The molecule has 3 N–H and O–H groups in total. The van der Waals surface area contributed by atoms with Gasteiger partial charge in [-0.05, 0) is 31.9 Å². The van der Waals surface area contributed by atoms with Crippen LogP contribution in [0.15, 0.2) is 24.3 Å². The number of amides is 1. The minimum absolute atomic E-state index is 0.345. The van der Waals surface area contributed by atoms with Gasteiger partial charge in [-0.2, -0.15) is 0 Å². The van der Waals surface area contributed by atoms with Crippen LogP contribution in [0.3, 0.4) is 0 Å². The van der Waals surface area contributed by atoms with Crippen LogP contribution in [-0.2, 0) is 10.3 Å². The highest BCUT2D eigenvalue weighted by Gasteiger charge is 2.32. The summed E-state index contributed by atoms with van der Waals surface area (Å²) >= 11 is 0. The van der Waals surface area contributed by atoms with E-state index >= 15 is 0 Å². The number of nitrogens with one attached hydrogen (secondary N) is 1. The maximum atomic E-state index is 11.7. The van der Waals surface area contributed by atoms with Gasteiger partial charge in [0, 0.05) is 0 Å². The lowest BCUT2D eigenvalue weighted by Gasteiger charge is -2.29. The number of rotatable bonds is 5. The van der Waals surface area contributed by atoms with Gasteiger partial charge < -0.3 is 5.73 Å². The summed E-state index contributed by atoms with van der Waals surface area (Å²) in [5, 5.41) is 3.26. The summed E-state index contributed by atoms with van der Waals surface area (Å²) in [4.78, 5) is 11.7. The second kappa shape index (κ2) is 5.32. The molecule has 94 valence electrons. The fourth-order valence-electron chi connectivity index (χ4n) is 1.63. The van der Waals surface area contributed by atoms with Gasteiger partial charge in [-0.3, -0.25) is 10.1 Å². The first-order valence-electron chi connectivity index (χ1n) is 5.98. The molecule has 0 aliphatic heterocycles. The number of hydrogen-bond acceptors (Lipinski definition) is 2. The first-order valence-corrected chi connectivity index (χ1v) is 5.98. The lowest BCUT2D eigenvalue weighted by atomic mass is 9.90. The summed E-state index contributed by atoms with van der Waals surface area (Å²) in [6.07, 6.45) is 0. The topological polar surface area (TPSA) is 55.1 Å². The molecule has 1 aromatic carbocycles. The van der Waals surface area contributed by atoms with Gasteiger partial charge in [0.25, 0.3) is 0 Å². The van der Waals surface area contributed by atoms with Gasteiger partial charge in [0.15, 0.2) is 0 Å². The first-order chi connectivity index (χ1) is 7.86. The molecule has 0 fully saturated rings. The van der Waals surface area contributed by atoms with Crippen molar-refractivity contribution in [1.29, 1.82) is 0 Å². The molecule has 0 radical (unpaired) electrons. The molecule has 1 amide bonds. The van der Waals surface area contributed by atoms with Crippen molar-refractivity contribution in [2.75, 3.05) is 6.54 Å². The largest absolute Gasteiger partial charge is 0.368 e. The minimum Gasteiger partial charge on any atom is -0.368 e. The Morgan fingerprint density at radius 3 is 2.29 bits per heavy atom. The standard InChI is InChI=1S/C14H22N2O/c1-10(2)9-16-14(4,13(15)17)12-7-5-11(3)6-8-12/h5-8,10,16H,9H2,1-4H3,(H2,15,17). The van der Waals surface area contributed by atoms with Crippen LogP contribution in [-0.4, -0.2) is 12.5 Å². The van der Waals surface area contributed by atoms with E-state index in [-0.39, 0.29) is 5.91 Å². The first kappa shape index (κ1) is 13.7. The summed E-state index contributed by atoms with van der Waals surface area (Å²) in [7, 11) is 0. The number of hydrogen-bond donors (Lipinski definition) is 2. The number of nitrogens with two attached hydrogens (primary N) is 1. The normalized spacial score (nSPS) is 14.6. The highest BCUT2D eigenvalue weighted by atomic mass is 16.1. The highest BCUT2D eigenvalue weighted by molar-refractivity contribution is 5.85. The maximum absolute atomic E-state index is 11.7. The summed E-state index contributed by atoms with van der Waals surface area (Å²) in [6, 6.07) is 7.89. The zero-order valence-electron chi connectivity index (χ0n) is 11.1. The van der Waals surface area contributed by atoms with Crippen molar-refractivity contribution in [3.05, 3.63) is 35.4 Å². The van der Waals surface area contributed by atoms with Gasteiger partial charge in [-0.1, -0.05) is 43.7 Å². The number of carbonyl (C=O) groups is 1. The number of primary amides is 1. The molecule has 0 aliphatic rings. The van der Waals surface area contributed by atoms with Crippen LogP contribution >= 0.6 is 0 Å². The van der Waals surface area contributed by atoms with Crippen LogP contribution in [0.2, 0.25) is 0 Å². The monoisotopic (exact) mass is 234 g/mol. The third kappa shape index (κ3) is 3.30. The van der Waals surface area contributed by atoms with Gasteiger partial charge in [0.05, 0.1) is 0 Å². The second-order valence-corrected chi connectivity index (χ2v) is 5.13. The Balaban J connectivity index is 2.98. The van der Waals surface area contributed by atoms with Crippen molar-refractivity contribution >= 4 is 5.91 Å². The molecular formula is C14H22N2O. The maximum Gasteiger partial charge on any atom is 0.242 e. The zero-order chi connectivity index (χ0) is 13.1. The van der Waals surface area contributed by atoms with E-state index in [0.29, 0.717) is 5.92 Å². The molecule has 1 rings (SSSR count). The summed E-state index contributed by atoms with van der Waals surface area (Å²) < 4.78 is 0. The van der Waals surface area contributed by atoms with Gasteiger partial charge in [-0.15, -0.1) is 0 Å². The summed E-state index contributed by atoms with van der Waals surface area (Å²) in [5.74, 6) is 0.126. The quantitative estimate of drug-likeness (QED) is 0.818. The molecule has 1 unspecified atom stereocenters. The predicted octanol–water partition coefficient (Wildman–Crippen LogP) is 1.94. The molecule has 0 aliphatic carbocycles. The van der Waals surface area contributed by atoms with Crippen molar-refractivity contribution < 1.29 is 4.79 Å². The Labute approximate surface area is 103 Å². The van der Waals surface area contributed by atoms with E-state index in [2.05, 4.69) is 19.2 Å². The molecule has 0 bridgehead atoms. The fraction of sp³-hybridized carbons (Fsp3) is 0.500. The number of carbonyl (C=O) groups excluding carboxylic acids is 1. The van der Waals surface area contributed by atoms with Crippen LogP contribution in [0.4, 0.5) is 0 Å². The third-order valence-electron chi connectivity index (χ3n) is 2.99. The SMILES string of the molecule is Cc1ccc(C(C)(NCC(C)C)C(N)=O)cc1. The van der Waals surface area contributed by atoms with Crippen molar-refractivity contribution in [3.63, 3.8) is 0 Å². The molecule has 3 heteroatoms. The molecule has 3 nitrogen and oxygen atoms in total. The smallest absolute Gasteiger partial charge is 0.242 e. The molecule has 17 heavy (non-hydrogen) atoms. The average Bonchev–Trinajstić information content (AvgIpc) is 2.26. The van der Waals surface area contributed by atoms with Gasteiger partial charge >= 0.3 is 0 Å². The van der Waals surface area contributed by atoms with Crippen molar-refractivity contribution in [2.45, 2.75) is 33.2 Å². The lowest BCUT2D eigenvalue weighted by Crippen LogP contribution is -2.51. The Morgan fingerprint density at radius 1 is 1.35 bits per heavy atom. The molecule has 1 atom stereocenters.